The Hall–Kier alpha value is -3.77. The number of nitrogens with one attached hydrogen (secondary N) is 1. The highest BCUT2D eigenvalue weighted by atomic mass is 35.5. The van der Waals surface area contributed by atoms with Crippen LogP contribution in [0.25, 0.3) is 11.3 Å². The molecule has 5 rings (SSSR count). The van der Waals surface area contributed by atoms with Gasteiger partial charge in [0.2, 0.25) is 5.95 Å². The molecule has 7 heteroatoms. The third-order valence-electron chi connectivity index (χ3n) is 5.30. The van der Waals surface area contributed by atoms with Crippen molar-refractivity contribution in [2.24, 2.45) is 0 Å². The fourth-order valence-electron chi connectivity index (χ4n) is 3.75. The lowest BCUT2D eigenvalue weighted by Gasteiger charge is -2.15. The molecule has 1 amide bonds. The predicted octanol–water partition coefficient (Wildman–Crippen LogP) is 5.84. The first-order valence-electron chi connectivity index (χ1n) is 10.1. The average molecular weight is 445 g/mol. The van der Waals surface area contributed by atoms with Crippen LogP contribution in [-0.4, -0.2) is 20.8 Å². The number of halogens is 2. The van der Waals surface area contributed by atoms with Crippen LogP contribution in [0.1, 0.15) is 21.5 Å². The second-order valence-electron chi connectivity index (χ2n) is 7.56. The SMILES string of the molecule is O=C1c2cc(-c3ccnc(Nc4ccc(F)cc4)n3)ccc2CN1Cc1cccc(Cl)c1. The molecule has 1 aromatic heterocycles. The summed E-state index contributed by atoms with van der Waals surface area (Å²) in [5.74, 6) is 0.0708. The molecule has 32 heavy (non-hydrogen) atoms. The second kappa shape index (κ2) is 8.40. The largest absolute Gasteiger partial charge is 0.330 e. The number of nitrogens with zero attached hydrogens (tertiary/aromatic N) is 3. The van der Waals surface area contributed by atoms with Crippen LogP contribution in [0.15, 0.2) is 79.0 Å². The van der Waals surface area contributed by atoms with Crippen LogP contribution in [0.3, 0.4) is 0 Å². The molecule has 0 aliphatic carbocycles. The molecule has 0 atom stereocenters. The number of anilines is 2. The van der Waals surface area contributed by atoms with Gasteiger partial charge in [0.05, 0.1) is 5.69 Å². The van der Waals surface area contributed by atoms with E-state index in [4.69, 9.17) is 11.6 Å². The highest BCUT2D eigenvalue weighted by Gasteiger charge is 2.27. The number of hydrogen-bond donors (Lipinski definition) is 1. The summed E-state index contributed by atoms with van der Waals surface area (Å²) in [5.41, 5.74) is 4.85. The number of carbonyl (C=O) groups is 1. The van der Waals surface area contributed by atoms with Gasteiger partial charge in [-0.25, -0.2) is 14.4 Å². The molecule has 5 nitrogen and oxygen atoms in total. The Morgan fingerprint density at radius 1 is 1.03 bits per heavy atom. The van der Waals surface area contributed by atoms with Crippen molar-refractivity contribution in [3.63, 3.8) is 0 Å². The Balaban J connectivity index is 1.37. The minimum absolute atomic E-state index is 0.0134. The topological polar surface area (TPSA) is 58.1 Å². The first kappa shape index (κ1) is 20.2. The van der Waals surface area contributed by atoms with Gasteiger partial charge in [-0.1, -0.05) is 35.9 Å². The quantitative estimate of drug-likeness (QED) is 0.420. The van der Waals surface area contributed by atoms with Crippen molar-refractivity contribution in [2.45, 2.75) is 13.1 Å². The molecule has 0 spiro atoms. The van der Waals surface area contributed by atoms with Gasteiger partial charge in [-0.15, -0.1) is 0 Å². The molecule has 0 saturated carbocycles. The minimum atomic E-state index is -0.308. The zero-order valence-corrected chi connectivity index (χ0v) is 17.7. The molecular formula is C25H18ClFN4O. The lowest BCUT2D eigenvalue weighted by atomic mass is 10.0. The molecule has 1 aliphatic rings. The maximum atomic E-state index is 13.1. The minimum Gasteiger partial charge on any atom is -0.330 e. The van der Waals surface area contributed by atoms with E-state index < -0.39 is 0 Å². The van der Waals surface area contributed by atoms with Crippen molar-refractivity contribution in [3.8, 4) is 11.3 Å². The van der Waals surface area contributed by atoms with Gasteiger partial charge in [-0.3, -0.25) is 4.79 Å². The molecule has 0 fully saturated rings. The molecule has 0 saturated heterocycles. The van der Waals surface area contributed by atoms with Crippen LogP contribution in [0.4, 0.5) is 16.0 Å². The van der Waals surface area contributed by atoms with E-state index in [-0.39, 0.29) is 11.7 Å². The zero-order valence-electron chi connectivity index (χ0n) is 16.9. The summed E-state index contributed by atoms with van der Waals surface area (Å²) in [7, 11) is 0. The Morgan fingerprint density at radius 2 is 1.88 bits per heavy atom. The first-order valence-corrected chi connectivity index (χ1v) is 10.5. The lowest BCUT2D eigenvalue weighted by Crippen LogP contribution is -2.23. The van der Waals surface area contributed by atoms with Gasteiger partial charge in [0, 0.05) is 41.1 Å². The van der Waals surface area contributed by atoms with Crippen LogP contribution in [0.2, 0.25) is 5.02 Å². The van der Waals surface area contributed by atoms with E-state index in [1.807, 2.05) is 47.4 Å². The average Bonchev–Trinajstić information content (AvgIpc) is 3.10. The van der Waals surface area contributed by atoms with Crippen molar-refractivity contribution in [3.05, 3.63) is 107 Å². The normalized spacial score (nSPS) is 12.7. The number of benzene rings is 3. The number of carbonyl (C=O) groups excluding carboxylic acids is 1. The van der Waals surface area contributed by atoms with E-state index in [9.17, 15) is 9.18 Å². The van der Waals surface area contributed by atoms with Crippen LogP contribution in [0, 0.1) is 5.82 Å². The second-order valence-corrected chi connectivity index (χ2v) is 8.00. The van der Waals surface area contributed by atoms with Gasteiger partial charge in [0.1, 0.15) is 5.82 Å². The standard InChI is InChI=1S/C25H18ClFN4O/c26-19-3-1-2-16(12-19)14-31-15-18-5-4-17(13-22(18)24(31)32)23-10-11-28-25(30-23)29-21-8-6-20(27)7-9-21/h1-13H,14-15H2,(H,28,29,30). The smallest absolute Gasteiger partial charge is 0.254 e. The number of fused-ring (bicyclic) bond motifs is 1. The van der Waals surface area contributed by atoms with Crippen molar-refractivity contribution in [1.82, 2.24) is 14.9 Å². The van der Waals surface area contributed by atoms with E-state index in [1.165, 1.54) is 12.1 Å². The molecule has 2 heterocycles. The Labute approximate surface area is 189 Å². The number of aromatic nitrogens is 2. The molecule has 0 radical (unpaired) electrons. The fourth-order valence-corrected chi connectivity index (χ4v) is 3.96. The van der Waals surface area contributed by atoms with E-state index in [0.29, 0.717) is 41.0 Å². The third-order valence-corrected chi connectivity index (χ3v) is 5.54. The molecule has 0 bridgehead atoms. The Bertz CT molecular complexity index is 1310. The van der Waals surface area contributed by atoms with Gasteiger partial charge in [-0.2, -0.15) is 0 Å². The molecule has 0 unspecified atom stereocenters. The molecule has 1 N–H and O–H groups in total. The highest BCUT2D eigenvalue weighted by Crippen LogP contribution is 2.29. The van der Waals surface area contributed by atoms with Crippen LogP contribution in [-0.2, 0) is 13.1 Å². The molecule has 3 aromatic carbocycles. The van der Waals surface area contributed by atoms with E-state index in [1.54, 1.807) is 24.4 Å². The number of rotatable bonds is 5. The summed E-state index contributed by atoms with van der Waals surface area (Å²) in [5, 5.41) is 3.72. The van der Waals surface area contributed by atoms with Gasteiger partial charge in [0.25, 0.3) is 5.91 Å². The number of hydrogen-bond acceptors (Lipinski definition) is 4. The zero-order chi connectivity index (χ0) is 22.1. The summed E-state index contributed by atoms with van der Waals surface area (Å²) < 4.78 is 13.1. The summed E-state index contributed by atoms with van der Waals surface area (Å²) in [6.45, 7) is 1.06. The summed E-state index contributed by atoms with van der Waals surface area (Å²) in [6.07, 6.45) is 1.65. The van der Waals surface area contributed by atoms with Crippen molar-refractivity contribution in [1.29, 1.82) is 0 Å². The van der Waals surface area contributed by atoms with Gasteiger partial charge in [0.15, 0.2) is 0 Å². The predicted molar refractivity (Wildman–Crippen MR) is 122 cm³/mol. The number of amides is 1. The van der Waals surface area contributed by atoms with Gasteiger partial charge >= 0.3 is 0 Å². The van der Waals surface area contributed by atoms with Crippen molar-refractivity contribution < 1.29 is 9.18 Å². The molecular weight excluding hydrogens is 427 g/mol. The maximum absolute atomic E-state index is 13.1. The Kier molecular flexibility index (Phi) is 5.29. The monoisotopic (exact) mass is 444 g/mol. The van der Waals surface area contributed by atoms with Crippen LogP contribution >= 0.6 is 11.6 Å². The Morgan fingerprint density at radius 3 is 2.69 bits per heavy atom. The van der Waals surface area contributed by atoms with E-state index >= 15 is 0 Å². The van der Waals surface area contributed by atoms with Gasteiger partial charge in [-0.05, 0) is 59.7 Å². The summed E-state index contributed by atoms with van der Waals surface area (Å²) in [4.78, 5) is 23.6. The fraction of sp³-hybridized carbons (Fsp3) is 0.0800. The van der Waals surface area contributed by atoms with Gasteiger partial charge < -0.3 is 10.2 Å². The van der Waals surface area contributed by atoms with E-state index in [2.05, 4.69) is 15.3 Å². The van der Waals surface area contributed by atoms with E-state index in [0.717, 1.165) is 16.7 Å². The molecule has 1 aliphatic heterocycles. The summed E-state index contributed by atoms with van der Waals surface area (Å²) >= 11 is 6.08. The highest BCUT2D eigenvalue weighted by molar-refractivity contribution is 6.30. The molecule has 158 valence electrons. The molecule has 4 aromatic rings. The van der Waals surface area contributed by atoms with Crippen molar-refractivity contribution >= 4 is 29.1 Å². The van der Waals surface area contributed by atoms with Crippen LogP contribution in [0.5, 0.6) is 0 Å². The maximum Gasteiger partial charge on any atom is 0.254 e. The summed E-state index contributed by atoms with van der Waals surface area (Å²) in [6, 6.07) is 21.1. The van der Waals surface area contributed by atoms with Crippen molar-refractivity contribution in [2.75, 3.05) is 5.32 Å². The van der Waals surface area contributed by atoms with Crippen LogP contribution < -0.4 is 5.32 Å². The first-order chi connectivity index (χ1) is 15.5. The lowest BCUT2D eigenvalue weighted by molar-refractivity contribution is 0.0766. The third kappa shape index (κ3) is 4.18.